The zero-order valence-electron chi connectivity index (χ0n) is 17.4. The van der Waals surface area contributed by atoms with Crippen LogP contribution in [0.3, 0.4) is 0 Å². The molecule has 29 heavy (non-hydrogen) atoms. The number of amides is 3. The number of nitrogens with zero attached hydrogens (tertiary/aromatic N) is 3. The van der Waals surface area contributed by atoms with Crippen LogP contribution < -0.4 is 10.2 Å². The average Bonchev–Trinajstić information content (AvgIpc) is 2.80. The molecule has 1 aliphatic carbocycles. The normalized spacial score (nSPS) is 21.9. The summed E-state index contributed by atoms with van der Waals surface area (Å²) < 4.78 is 0. The first kappa shape index (κ1) is 20.0. The first-order chi connectivity index (χ1) is 14.2. The van der Waals surface area contributed by atoms with Crippen molar-refractivity contribution in [2.75, 3.05) is 44.2 Å². The highest BCUT2D eigenvalue weighted by Crippen LogP contribution is 2.23. The molecule has 158 valence electrons. The molecule has 1 aromatic carbocycles. The molecule has 0 aromatic heterocycles. The Morgan fingerprint density at radius 2 is 1.41 bits per heavy atom. The average molecular weight is 399 g/mol. The molecule has 3 amide bonds. The van der Waals surface area contributed by atoms with Crippen LogP contribution in [0.1, 0.15) is 44.9 Å². The van der Waals surface area contributed by atoms with E-state index in [-0.39, 0.29) is 17.9 Å². The number of likely N-dealkylation sites (tertiary alicyclic amines) is 1. The van der Waals surface area contributed by atoms with E-state index in [2.05, 4.69) is 34.5 Å². The number of piperazine rings is 1. The number of urea groups is 1. The molecule has 0 bridgehead atoms. The fraction of sp³-hybridized carbons (Fsp3) is 0.652. The summed E-state index contributed by atoms with van der Waals surface area (Å²) in [7, 11) is 0. The van der Waals surface area contributed by atoms with Gasteiger partial charge in [0.1, 0.15) is 0 Å². The Morgan fingerprint density at radius 3 is 2.07 bits per heavy atom. The van der Waals surface area contributed by atoms with Gasteiger partial charge in [0.2, 0.25) is 5.91 Å². The third-order valence-electron chi connectivity index (χ3n) is 6.78. The van der Waals surface area contributed by atoms with Gasteiger partial charge in [-0.1, -0.05) is 37.5 Å². The lowest BCUT2D eigenvalue weighted by molar-refractivity contribution is -0.137. The standard InChI is InChI=1S/C23H34N4O2/c28-22(26-17-15-25(16-18-26)21-9-5-2-6-10-21)19-11-13-27(14-12-19)23(29)24-20-7-3-1-4-8-20/h2,5-6,9-10,19-20H,1,3-4,7-8,11-18H2,(H,24,29). The highest BCUT2D eigenvalue weighted by molar-refractivity contribution is 5.80. The van der Waals surface area contributed by atoms with E-state index in [1.54, 1.807) is 0 Å². The van der Waals surface area contributed by atoms with E-state index >= 15 is 0 Å². The topological polar surface area (TPSA) is 55.9 Å². The van der Waals surface area contributed by atoms with E-state index < -0.39 is 0 Å². The Morgan fingerprint density at radius 1 is 0.759 bits per heavy atom. The van der Waals surface area contributed by atoms with Gasteiger partial charge in [-0.2, -0.15) is 0 Å². The molecular formula is C23H34N4O2. The van der Waals surface area contributed by atoms with Gasteiger partial charge < -0.3 is 20.0 Å². The van der Waals surface area contributed by atoms with Crippen molar-refractivity contribution in [1.82, 2.24) is 15.1 Å². The maximum Gasteiger partial charge on any atom is 0.317 e. The van der Waals surface area contributed by atoms with E-state index in [1.807, 2.05) is 15.9 Å². The van der Waals surface area contributed by atoms with Crippen LogP contribution in [-0.2, 0) is 4.79 Å². The van der Waals surface area contributed by atoms with E-state index in [0.717, 1.165) is 51.9 Å². The fourth-order valence-electron chi connectivity index (χ4n) is 4.92. The highest BCUT2D eigenvalue weighted by Gasteiger charge is 2.32. The highest BCUT2D eigenvalue weighted by atomic mass is 16.2. The van der Waals surface area contributed by atoms with Crippen LogP contribution in [0.15, 0.2) is 30.3 Å². The molecule has 1 saturated carbocycles. The van der Waals surface area contributed by atoms with Gasteiger partial charge in [0.25, 0.3) is 0 Å². The van der Waals surface area contributed by atoms with Crippen molar-refractivity contribution < 1.29 is 9.59 Å². The molecule has 0 unspecified atom stereocenters. The number of piperidine rings is 1. The number of hydrogen-bond donors (Lipinski definition) is 1. The summed E-state index contributed by atoms with van der Waals surface area (Å²) in [6.45, 7) is 4.74. The Hall–Kier alpha value is -2.24. The van der Waals surface area contributed by atoms with E-state index in [9.17, 15) is 9.59 Å². The lowest BCUT2D eigenvalue weighted by Crippen LogP contribution is -2.53. The maximum atomic E-state index is 13.0. The van der Waals surface area contributed by atoms with Crippen molar-refractivity contribution >= 4 is 17.6 Å². The molecule has 6 nitrogen and oxygen atoms in total. The minimum Gasteiger partial charge on any atom is -0.368 e. The number of hydrogen-bond acceptors (Lipinski definition) is 3. The molecule has 3 fully saturated rings. The predicted molar refractivity (Wildman–Crippen MR) is 115 cm³/mol. The summed E-state index contributed by atoms with van der Waals surface area (Å²) in [5, 5.41) is 3.20. The zero-order valence-corrected chi connectivity index (χ0v) is 17.4. The maximum absolute atomic E-state index is 13.0. The second kappa shape index (κ2) is 9.51. The third kappa shape index (κ3) is 5.03. The van der Waals surface area contributed by atoms with E-state index in [4.69, 9.17) is 0 Å². The minimum absolute atomic E-state index is 0.0667. The molecule has 0 spiro atoms. The summed E-state index contributed by atoms with van der Waals surface area (Å²) in [5.41, 5.74) is 1.23. The van der Waals surface area contributed by atoms with Crippen LogP contribution in [-0.4, -0.2) is 67.0 Å². The second-order valence-corrected chi connectivity index (χ2v) is 8.69. The van der Waals surface area contributed by atoms with Gasteiger partial charge in [-0.3, -0.25) is 4.79 Å². The van der Waals surface area contributed by atoms with Crippen molar-refractivity contribution in [3.05, 3.63) is 30.3 Å². The molecule has 2 saturated heterocycles. The minimum atomic E-state index is 0.0667. The molecule has 0 radical (unpaired) electrons. The third-order valence-corrected chi connectivity index (χ3v) is 6.78. The second-order valence-electron chi connectivity index (χ2n) is 8.69. The molecule has 0 atom stereocenters. The van der Waals surface area contributed by atoms with Crippen LogP contribution in [0.5, 0.6) is 0 Å². The van der Waals surface area contributed by atoms with Gasteiger partial charge in [0.05, 0.1) is 0 Å². The zero-order chi connectivity index (χ0) is 20.1. The van der Waals surface area contributed by atoms with Crippen molar-refractivity contribution in [3.8, 4) is 0 Å². The molecule has 1 N–H and O–H groups in total. The van der Waals surface area contributed by atoms with Gasteiger partial charge in [-0.25, -0.2) is 4.79 Å². The van der Waals surface area contributed by atoms with Crippen LogP contribution in [0.2, 0.25) is 0 Å². The Bertz CT molecular complexity index is 673. The van der Waals surface area contributed by atoms with Crippen molar-refractivity contribution in [3.63, 3.8) is 0 Å². The van der Waals surface area contributed by atoms with Gasteiger partial charge >= 0.3 is 6.03 Å². The Kier molecular flexibility index (Phi) is 6.57. The molecular weight excluding hydrogens is 364 g/mol. The number of carbonyl (C=O) groups is 2. The lowest BCUT2D eigenvalue weighted by atomic mass is 9.94. The van der Waals surface area contributed by atoms with Gasteiger partial charge in [0.15, 0.2) is 0 Å². The quantitative estimate of drug-likeness (QED) is 0.851. The van der Waals surface area contributed by atoms with Crippen molar-refractivity contribution in [2.24, 2.45) is 5.92 Å². The van der Waals surface area contributed by atoms with E-state index in [0.29, 0.717) is 19.1 Å². The number of carbonyl (C=O) groups excluding carboxylic acids is 2. The van der Waals surface area contributed by atoms with Gasteiger partial charge in [-0.05, 0) is 37.8 Å². The number of benzene rings is 1. The summed E-state index contributed by atoms with van der Waals surface area (Å²) in [6, 6.07) is 10.8. The SMILES string of the molecule is O=C(NC1CCCCC1)N1CCC(C(=O)N2CCN(c3ccccc3)CC2)CC1. The van der Waals surface area contributed by atoms with Crippen molar-refractivity contribution in [2.45, 2.75) is 51.0 Å². The monoisotopic (exact) mass is 398 g/mol. The first-order valence-corrected chi connectivity index (χ1v) is 11.3. The molecule has 2 aliphatic heterocycles. The number of nitrogens with one attached hydrogen (secondary N) is 1. The molecule has 1 aromatic rings. The first-order valence-electron chi connectivity index (χ1n) is 11.3. The van der Waals surface area contributed by atoms with Crippen LogP contribution >= 0.6 is 0 Å². The predicted octanol–water partition coefficient (Wildman–Crippen LogP) is 3.09. The van der Waals surface area contributed by atoms with Gasteiger partial charge in [-0.15, -0.1) is 0 Å². The molecule has 6 heteroatoms. The van der Waals surface area contributed by atoms with Crippen LogP contribution in [0.25, 0.3) is 0 Å². The number of anilines is 1. The lowest BCUT2D eigenvalue weighted by Gasteiger charge is -2.39. The Balaban J connectivity index is 1.20. The van der Waals surface area contributed by atoms with Crippen molar-refractivity contribution in [1.29, 1.82) is 0 Å². The fourth-order valence-corrected chi connectivity index (χ4v) is 4.92. The van der Waals surface area contributed by atoms with E-state index in [1.165, 1.54) is 24.9 Å². The summed E-state index contributed by atoms with van der Waals surface area (Å²) in [6.07, 6.45) is 7.52. The molecule has 2 heterocycles. The number of para-hydroxylation sites is 1. The summed E-state index contributed by atoms with van der Waals surface area (Å²) >= 11 is 0. The number of rotatable bonds is 3. The smallest absolute Gasteiger partial charge is 0.317 e. The van der Waals surface area contributed by atoms with Gasteiger partial charge in [0, 0.05) is 56.9 Å². The summed E-state index contributed by atoms with van der Waals surface area (Å²) in [5.74, 6) is 0.349. The molecule has 4 rings (SSSR count). The Labute approximate surface area is 174 Å². The van der Waals surface area contributed by atoms with Crippen LogP contribution in [0, 0.1) is 5.92 Å². The van der Waals surface area contributed by atoms with Crippen LogP contribution in [0.4, 0.5) is 10.5 Å². The largest absolute Gasteiger partial charge is 0.368 e. The summed E-state index contributed by atoms with van der Waals surface area (Å²) in [4.78, 5) is 31.8. The molecule has 3 aliphatic rings.